The molecule has 2 rings (SSSR count). The summed E-state index contributed by atoms with van der Waals surface area (Å²) < 4.78 is 1.88. The first-order valence-corrected chi connectivity index (χ1v) is 5.00. The maximum Gasteiger partial charge on any atom is 0.151 e. The molecule has 16 heavy (non-hydrogen) atoms. The molecule has 0 radical (unpaired) electrons. The summed E-state index contributed by atoms with van der Waals surface area (Å²) in [6, 6.07) is 3.85. The summed E-state index contributed by atoms with van der Waals surface area (Å²) in [6.07, 6.45) is 3.44. The molecule has 2 aromatic rings. The van der Waals surface area contributed by atoms with Crippen LogP contribution in [0.25, 0.3) is 0 Å². The van der Waals surface area contributed by atoms with Crippen molar-refractivity contribution in [3.05, 3.63) is 30.5 Å². The van der Waals surface area contributed by atoms with Crippen LogP contribution >= 0.6 is 0 Å². The van der Waals surface area contributed by atoms with E-state index in [9.17, 15) is 0 Å². The van der Waals surface area contributed by atoms with Crippen LogP contribution in [0, 0.1) is 0 Å². The van der Waals surface area contributed by atoms with Crippen molar-refractivity contribution in [3.8, 4) is 0 Å². The monoisotopic (exact) mass is 218 g/mol. The first-order chi connectivity index (χ1) is 7.79. The Labute approximate surface area is 93.7 Å². The van der Waals surface area contributed by atoms with Gasteiger partial charge in [0.15, 0.2) is 5.82 Å². The van der Waals surface area contributed by atoms with E-state index in [-0.39, 0.29) is 0 Å². The minimum Gasteiger partial charge on any atom is -0.378 e. The maximum absolute atomic E-state index is 4.14. The lowest BCUT2D eigenvalue weighted by Crippen LogP contribution is -2.06. The number of hydrogen-bond acceptors (Lipinski definition) is 5. The van der Waals surface area contributed by atoms with Gasteiger partial charge in [0.2, 0.25) is 0 Å². The Morgan fingerprint density at radius 2 is 2.31 bits per heavy atom. The molecule has 0 aromatic carbocycles. The van der Waals surface area contributed by atoms with Gasteiger partial charge < -0.3 is 15.2 Å². The Bertz CT molecular complexity index is 464. The SMILES string of the molecule is CNc1cc(NCc2nncn2C)ccn1. The minimum absolute atomic E-state index is 0.643. The van der Waals surface area contributed by atoms with Crippen LogP contribution in [-0.4, -0.2) is 26.8 Å². The summed E-state index contributed by atoms with van der Waals surface area (Å²) >= 11 is 0. The van der Waals surface area contributed by atoms with Crippen LogP contribution in [0.5, 0.6) is 0 Å². The lowest BCUT2D eigenvalue weighted by atomic mass is 10.4. The minimum atomic E-state index is 0.643. The Morgan fingerprint density at radius 3 is 3.00 bits per heavy atom. The zero-order valence-electron chi connectivity index (χ0n) is 9.31. The van der Waals surface area contributed by atoms with E-state index in [1.807, 2.05) is 30.8 Å². The maximum atomic E-state index is 4.14. The number of rotatable bonds is 4. The largest absolute Gasteiger partial charge is 0.378 e. The number of aromatic nitrogens is 4. The Hall–Kier alpha value is -2.11. The third-order valence-corrected chi connectivity index (χ3v) is 2.27. The van der Waals surface area contributed by atoms with Gasteiger partial charge in [0.25, 0.3) is 0 Å². The van der Waals surface area contributed by atoms with E-state index in [1.165, 1.54) is 0 Å². The molecule has 0 aliphatic rings. The van der Waals surface area contributed by atoms with E-state index >= 15 is 0 Å². The second-order valence-electron chi connectivity index (χ2n) is 3.39. The molecular formula is C10H14N6. The zero-order valence-corrected chi connectivity index (χ0v) is 9.31. The number of nitrogens with one attached hydrogen (secondary N) is 2. The van der Waals surface area contributed by atoms with Gasteiger partial charge in [-0.1, -0.05) is 0 Å². The predicted molar refractivity (Wildman–Crippen MR) is 62.1 cm³/mol. The summed E-state index contributed by atoms with van der Waals surface area (Å²) in [5.41, 5.74) is 1.00. The molecular weight excluding hydrogens is 204 g/mol. The highest BCUT2D eigenvalue weighted by molar-refractivity contribution is 5.51. The summed E-state index contributed by atoms with van der Waals surface area (Å²) in [5, 5.41) is 14.1. The van der Waals surface area contributed by atoms with Gasteiger partial charge in [-0.15, -0.1) is 10.2 Å². The normalized spacial score (nSPS) is 10.1. The molecule has 2 aromatic heterocycles. The molecule has 0 unspecified atom stereocenters. The molecule has 0 saturated carbocycles. The molecule has 84 valence electrons. The highest BCUT2D eigenvalue weighted by Gasteiger charge is 2.00. The van der Waals surface area contributed by atoms with Crippen molar-refractivity contribution in [2.24, 2.45) is 7.05 Å². The predicted octanol–water partition coefficient (Wildman–Crippen LogP) is 0.864. The zero-order chi connectivity index (χ0) is 11.4. The van der Waals surface area contributed by atoms with E-state index in [2.05, 4.69) is 25.8 Å². The van der Waals surface area contributed by atoms with Crippen LogP contribution < -0.4 is 10.6 Å². The van der Waals surface area contributed by atoms with Crippen molar-refractivity contribution in [2.45, 2.75) is 6.54 Å². The van der Waals surface area contributed by atoms with Crippen molar-refractivity contribution in [1.29, 1.82) is 0 Å². The van der Waals surface area contributed by atoms with E-state index < -0.39 is 0 Å². The fourth-order valence-corrected chi connectivity index (χ4v) is 1.33. The van der Waals surface area contributed by atoms with Crippen molar-refractivity contribution < 1.29 is 0 Å². The van der Waals surface area contributed by atoms with Crippen molar-refractivity contribution in [1.82, 2.24) is 19.7 Å². The highest BCUT2D eigenvalue weighted by atomic mass is 15.3. The smallest absolute Gasteiger partial charge is 0.151 e. The molecule has 0 aliphatic carbocycles. The van der Waals surface area contributed by atoms with Crippen LogP contribution in [0.2, 0.25) is 0 Å². The van der Waals surface area contributed by atoms with Crippen LogP contribution in [0.3, 0.4) is 0 Å². The second kappa shape index (κ2) is 4.61. The first-order valence-electron chi connectivity index (χ1n) is 5.00. The lowest BCUT2D eigenvalue weighted by molar-refractivity contribution is 0.812. The molecule has 6 heteroatoms. The van der Waals surface area contributed by atoms with Gasteiger partial charge in [0, 0.05) is 32.0 Å². The van der Waals surface area contributed by atoms with Crippen LogP contribution in [0.4, 0.5) is 11.5 Å². The van der Waals surface area contributed by atoms with Crippen LogP contribution in [-0.2, 0) is 13.6 Å². The summed E-state index contributed by atoms with van der Waals surface area (Å²) in [5.74, 6) is 1.73. The lowest BCUT2D eigenvalue weighted by Gasteiger charge is -2.06. The van der Waals surface area contributed by atoms with Gasteiger partial charge in [0.05, 0.1) is 6.54 Å². The molecule has 2 N–H and O–H groups in total. The third kappa shape index (κ3) is 2.28. The number of pyridine rings is 1. The molecule has 0 atom stereocenters. The average molecular weight is 218 g/mol. The first kappa shape index (κ1) is 10.4. The van der Waals surface area contributed by atoms with Crippen molar-refractivity contribution in [2.75, 3.05) is 17.7 Å². The molecule has 6 nitrogen and oxygen atoms in total. The summed E-state index contributed by atoms with van der Waals surface area (Å²) in [6.45, 7) is 0.643. The number of anilines is 2. The van der Waals surface area contributed by atoms with Gasteiger partial charge in [-0.3, -0.25) is 0 Å². The van der Waals surface area contributed by atoms with Gasteiger partial charge in [-0.2, -0.15) is 0 Å². The molecule has 2 heterocycles. The van der Waals surface area contributed by atoms with Crippen LogP contribution in [0.1, 0.15) is 5.82 Å². The molecule has 0 saturated heterocycles. The van der Waals surface area contributed by atoms with Crippen molar-refractivity contribution in [3.63, 3.8) is 0 Å². The van der Waals surface area contributed by atoms with Gasteiger partial charge in [-0.05, 0) is 6.07 Å². The molecule has 0 spiro atoms. The summed E-state index contributed by atoms with van der Waals surface area (Å²) in [4.78, 5) is 4.14. The van der Waals surface area contributed by atoms with E-state index in [1.54, 1.807) is 12.5 Å². The fourth-order valence-electron chi connectivity index (χ4n) is 1.33. The number of hydrogen-bond donors (Lipinski definition) is 2. The quantitative estimate of drug-likeness (QED) is 0.796. The summed E-state index contributed by atoms with van der Waals surface area (Å²) in [7, 11) is 3.76. The Morgan fingerprint density at radius 1 is 1.44 bits per heavy atom. The third-order valence-electron chi connectivity index (χ3n) is 2.27. The standard InChI is InChI=1S/C10H14N6/c1-11-9-5-8(3-4-12-9)13-6-10-15-14-7-16(10)2/h3-5,7H,6H2,1-2H3,(H2,11,12,13). The molecule has 0 aliphatic heterocycles. The Kier molecular flexibility index (Phi) is 3.00. The van der Waals surface area contributed by atoms with Gasteiger partial charge >= 0.3 is 0 Å². The van der Waals surface area contributed by atoms with Gasteiger partial charge in [-0.25, -0.2) is 4.98 Å². The van der Waals surface area contributed by atoms with Gasteiger partial charge in [0.1, 0.15) is 12.1 Å². The van der Waals surface area contributed by atoms with Crippen LogP contribution in [0.15, 0.2) is 24.7 Å². The van der Waals surface area contributed by atoms with E-state index in [0.717, 1.165) is 17.3 Å². The van der Waals surface area contributed by atoms with E-state index in [4.69, 9.17) is 0 Å². The molecule has 0 amide bonds. The second-order valence-corrected chi connectivity index (χ2v) is 3.39. The average Bonchev–Trinajstić information content (AvgIpc) is 2.72. The number of nitrogens with zero attached hydrogens (tertiary/aromatic N) is 4. The Balaban J connectivity index is 2.02. The van der Waals surface area contributed by atoms with E-state index in [0.29, 0.717) is 6.54 Å². The number of aryl methyl sites for hydroxylation is 1. The molecule has 0 bridgehead atoms. The van der Waals surface area contributed by atoms with Crippen molar-refractivity contribution >= 4 is 11.5 Å². The highest BCUT2D eigenvalue weighted by Crippen LogP contribution is 2.11. The molecule has 0 fully saturated rings. The fraction of sp³-hybridized carbons (Fsp3) is 0.300. The topological polar surface area (TPSA) is 67.7 Å².